The largest absolute Gasteiger partial charge is 0.496 e. The van der Waals surface area contributed by atoms with E-state index in [1.807, 2.05) is 42.5 Å². The molecule has 4 heteroatoms. The number of rotatable bonds is 3. The molecule has 21 heavy (non-hydrogen) atoms. The van der Waals surface area contributed by atoms with Crippen molar-refractivity contribution in [1.29, 1.82) is 0 Å². The van der Waals surface area contributed by atoms with Crippen molar-refractivity contribution in [2.45, 2.75) is 5.33 Å². The quantitative estimate of drug-likeness (QED) is 0.523. The van der Waals surface area contributed by atoms with Crippen molar-refractivity contribution in [1.82, 2.24) is 0 Å². The van der Waals surface area contributed by atoms with E-state index < -0.39 is 0 Å². The molecule has 3 nitrogen and oxygen atoms in total. The second-order valence-electron chi connectivity index (χ2n) is 4.57. The first-order valence-corrected chi connectivity index (χ1v) is 7.62. The highest BCUT2D eigenvalue weighted by atomic mass is 79.9. The van der Waals surface area contributed by atoms with E-state index in [2.05, 4.69) is 15.9 Å². The molecule has 0 bridgehead atoms. The van der Waals surface area contributed by atoms with E-state index in [9.17, 15) is 4.79 Å². The molecule has 1 heterocycles. The highest BCUT2D eigenvalue weighted by Gasteiger charge is 2.18. The van der Waals surface area contributed by atoms with E-state index in [4.69, 9.17) is 9.15 Å². The molecule has 0 aliphatic rings. The first-order chi connectivity index (χ1) is 10.3. The fourth-order valence-electron chi connectivity index (χ4n) is 2.48. The van der Waals surface area contributed by atoms with Crippen LogP contribution in [0.5, 0.6) is 5.75 Å². The average molecular weight is 345 g/mol. The minimum Gasteiger partial charge on any atom is -0.496 e. The molecular formula is C17H13BrO3. The fourth-order valence-corrected chi connectivity index (χ4v) is 3.06. The van der Waals surface area contributed by atoms with E-state index in [0.29, 0.717) is 22.2 Å². The molecule has 0 aliphatic carbocycles. The SMILES string of the molecule is COc1ccccc1-c1c(CBr)c2ccccc2oc1=O. The van der Waals surface area contributed by atoms with E-state index in [-0.39, 0.29) is 5.63 Å². The van der Waals surface area contributed by atoms with Gasteiger partial charge in [-0.3, -0.25) is 0 Å². The molecule has 3 rings (SSSR count). The molecule has 0 saturated heterocycles. The van der Waals surface area contributed by atoms with Crippen molar-refractivity contribution < 1.29 is 9.15 Å². The van der Waals surface area contributed by atoms with Crippen molar-refractivity contribution in [3.8, 4) is 16.9 Å². The number of benzene rings is 2. The second kappa shape index (κ2) is 5.74. The Morgan fingerprint density at radius 2 is 1.81 bits per heavy atom. The number of methoxy groups -OCH3 is 1. The van der Waals surface area contributed by atoms with Gasteiger partial charge in [0.1, 0.15) is 11.3 Å². The van der Waals surface area contributed by atoms with Gasteiger partial charge in [0.15, 0.2) is 0 Å². The zero-order valence-electron chi connectivity index (χ0n) is 11.4. The third kappa shape index (κ3) is 2.36. The molecule has 0 atom stereocenters. The maximum absolute atomic E-state index is 12.4. The highest BCUT2D eigenvalue weighted by molar-refractivity contribution is 9.08. The first-order valence-electron chi connectivity index (χ1n) is 6.50. The minimum atomic E-state index is -0.354. The standard InChI is InChI=1S/C17H13BrO3/c1-20-14-8-4-3-7-12(14)16-13(10-18)11-6-2-5-9-15(11)21-17(16)19/h2-9H,10H2,1H3. The summed E-state index contributed by atoms with van der Waals surface area (Å²) >= 11 is 3.49. The summed E-state index contributed by atoms with van der Waals surface area (Å²) in [6, 6.07) is 15.0. The van der Waals surface area contributed by atoms with Crippen LogP contribution in [0.4, 0.5) is 0 Å². The van der Waals surface area contributed by atoms with Crippen LogP contribution in [-0.2, 0) is 5.33 Å². The maximum atomic E-state index is 12.4. The Balaban J connectivity index is 2.42. The zero-order valence-corrected chi connectivity index (χ0v) is 13.0. The van der Waals surface area contributed by atoms with Gasteiger partial charge in [0.25, 0.3) is 0 Å². The summed E-state index contributed by atoms with van der Waals surface area (Å²) < 4.78 is 10.8. The van der Waals surface area contributed by atoms with Crippen LogP contribution in [0.25, 0.3) is 22.1 Å². The van der Waals surface area contributed by atoms with Crippen LogP contribution in [-0.4, -0.2) is 7.11 Å². The van der Waals surface area contributed by atoms with Gasteiger partial charge in [0.2, 0.25) is 0 Å². The van der Waals surface area contributed by atoms with Gasteiger partial charge in [-0.1, -0.05) is 52.3 Å². The average Bonchev–Trinajstić information content (AvgIpc) is 2.53. The van der Waals surface area contributed by atoms with E-state index in [1.165, 1.54) is 0 Å². The molecule has 0 radical (unpaired) electrons. The lowest BCUT2D eigenvalue weighted by molar-refractivity contribution is 0.416. The number of alkyl halides is 1. The maximum Gasteiger partial charge on any atom is 0.344 e. The molecule has 0 spiro atoms. The summed E-state index contributed by atoms with van der Waals surface area (Å²) in [6.07, 6.45) is 0. The molecule has 0 aliphatic heterocycles. The number of ether oxygens (including phenoxy) is 1. The molecule has 0 saturated carbocycles. The summed E-state index contributed by atoms with van der Waals surface area (Å²) in [5.41, 5.74) is 2.44. The zero-order chi connectivity index (χ0) is 14.8. The van der Waals surface area contributed by atoms with Crippen LogP contribution < -0.4 is 10.4 Å². The molecule has 2 aromatic carbocycles. The summed E-state index contributed by atoms with van der Waals surface area (Å²) in [5.74, 6) is 0.655. The van der Waals surface area contributed by atoms with Gasteiger partial charge in [0, 0.05) is 16.3 Å². The fraction of sp³-hybridized carbons (Fsp3) is 0.118. The Kier molecular flexibility index (Phi) is 3.80. The predicted octanol–water partition coefficient (Wildman–Crippen LogP) is 4.36. The summed E-state index contributed by atoms with van der Waals surface area (Å²) in [7, 11) is 1.59. The van der Waals surface area contributed by atoms with Gasteiger partial charge in [0.05, 0.1) is 12.7 Å². The van der Waals surface area contributed by atoms with Crippen molar-refractivity contribution in [3.63, 3.8) is 0 Å². The number of hydrogen-bond donors (Lipinski definition) is 0. The van der Waals surface area contributed by atoms with Crippen molar-refractivity contribution in [2.24, 2.45) is 0 Å². The monoisotopic (exact) mass is 344 g/mol. The minimum absolute atomic E-state index is 0.354. The van der Waals surface area contributed by atoms with E-state index >= 15 is 0 Å². The van der Waals surface area contributed by atoms with E-state index in [1.54, 1.807) is 13.2 Å². The van der Waals surface area contributed by atoms with Gasteiger partial charge < -0.3 is 9.15 Å². The van der Waals surface area contributed by atoms with Crippen LogP contribution in [0.1, 0.15) is 5.56 Å². The van der Waals surface area contributed by atoms with Gasteiger partial charge >= 0.3 is 5.63 Å². The van der Waals surface area contributed by atoms with Crippen LogP contribution in [0.15, 0.2) is 57.7 Å². The smallest absolute Gasteiger partial charge is 0.344 e. The Morgan fingerprint density at radius 3 is 2.57 bits per heavy atom. The third-order valence-corrected chi connectivity index (χ3v) is 3.99. The Morgan fingerprint density at radius 1 is 1.10 bits per heavy atom. The summed E-state index contributed by atoms with van der Waals surface area (Å²) in [4.78, 5) is 12.4. The molecule has 0 amide bonds. The molecular weight excluding hydrogens is 332 g/mol. The molecule has 0 unspecified atom stereocenters. The van der Waals surface area contributed by atoms with Gasteiger partial charge in [-0.2, -0.15) is 0 Å². The lowest BCUT2D eigenvalue weighted by Crippen LogP contribution is -2.08. The lowest BCUT2D eigenvalue weighted by atomic mass is 9.99. The topological polar surface area (TPSA) is 39.4 Å². The molecule has 0 fully saturated rings. The third-order valence-electron chi connectivity index (χ3n) is 3.43. The summed E-state index contributed by atoms with van der Waals surface area (Å²) in [6.45, 7) is 0. The van der Waals surface area contributed by atoms with Crippen molar-refractivity contribution >= 4 is 26.9 Å². The Labute approximate surface area is 130 Å². The van der Waals surface area contributed by atoms with Crippen LogP contribution in [0.3, 0.4) is 0 Å². The molecule has 106 valence electrons. The second-order valence-corrected chi connectivity index (χ2v) is 5.13. The highest BCUT2D eigenvalue weighted by Crippen LogP contribution is 2.34. The van der Waals surface area contributed by atoms with Crippen LogP contribution in [0, 0.1) is 0 Å². The Hall–Kier alpha value is -2.07. The number of hydrogen-bond acceptors (Lipinski definition) is 3. The summed E-state index contributed by atoms with van der Waals surface area (Å²) in [5, 5.41) is 1.49. The van der Waals surface area contributed by atoms with Crippen molar-refractivity contribution in [3.05, 3.63) is 64.5 Å². The van der Waals surface area contributed by atoms with Crippen LogP contribution in [0.2, 0.25) is 0 Å². The molecule has 3 aromatic rings. The Bertz CT molecular complexity index is 852. The molecule has 0 N–H and O–H groups in total. The van der Waals surface area contributed by atoms with Crippen LogP contribution >= 0.6 is 15.9 Å². The number of para-hydroxylation sites is 2. The molecule has 1 aromatic heterocycles. The predicted molar refractivity (Wildman–Crippen MR) is 87.1 cm³/mol. The van der Waals surface area contributed by atoms with Gasteiger partial charge in [-0.25, -0.2) is 4.79 Å². The van der Waals surface area contributed by atoms with Gasteiger partial charge in [-0.05, 0) is 17.7 Å². The lowest BCUT2D eigenvalue weighted by Gasteiger charge is -2.12. The normalized spacial score (nSPS) is 10.8. The number of halogens is 1. The van der Waals surface area contributed by atoms with E-state index in [0.717, 1.165) is 16.5 Å². The van der Waals surface area contributed by atoms with Gasteiger partial charge in [-0.15, -0.1) is 0 Å². The number of fused-ring (bicyclic) bond motifs is 1. The van der Waals surface area contributed by atoms with Crippen molar-refractivity contribution in [2.75, 3.05) is 7.11 Å². The first kappa shape index (κ1) is 13.9.